The van der Waals surface area contributed by atoms with Gasteiger partial charge >= 0.3 is 6.09 Å². The van der Waals surface area contributed by atoms with Gasteiger partial charge in [0.2, 0.25) is 0 Å². The van der Waals surface area contributed by atoms with Crippen LogP contribution in [-0.2, 0) is 22.6 Å². The van der Waals surface area contributed by atoms with Crippen molar-refractivity contribution in [1.82, 2.24) is 10.2 Å². The molecule has 1 heterocycles. The Morgan fingerprint density at radius 3 is 2.76 bits per heavy atom. The Morgan fingerprint density at radius 1 is 1.24 bits per heavy atom. The van der Waals surface area contributed by atoms with Crippen molar-refractivity contribution in [1.29, 1.82) is 0 Å². The molecule has 3 unspecified atom stereocenters. The quantitative estimate of drug-likeness (QED) is 0.748. The number of methoxy groups -OCH3 is 1. The molecule has 0 spiro atoms. The second kappa shape index (κ2) is 9.43. The van der Waals surface area contributed by atoms with Gasteiger partial charge in [-0.1, -0.05) is 12.5 Å². The third-order valence-electron chi connectivity index (χ3n) is 5.97. The van der Waals surface area contributed by atoms with Gasteiger partial charge in [0.05, 0.1) is 6.61 Å². The van der Waals surface area contributed by atoms with Crippen LogP contribution < -0.4 is 5.32 Å². The topological polar surface area (TPSA) is 50.8 Å². The zero-order chi connectivity index (χ0) is 21.0. The minimum absolute atomic E-state index is 0.187. The number of halogens is 1. The highest BCUT2D eigenvalue weighted by atomic mass is 19.1. The predicted octanol–water partition coefficient (Wildman–Crippen LogP) is 4.63. The zero-order valence-corrected chi connectivity index (χ0v) is 18.2. The van der Waals surface area contributed by atoms with E-state index in [0.717, 1.165) is 37.8 Å². The van der Waals surface area contributed by atoms with Crippen LogP contribution in [0.3, 0.4) is 0 Å². The summed E-state index contributed by atoms with van der Waals surface area (Å²) in [7, 11) is 1.57. The highest BCUT2D eigenvalue weighted by Crippen LogP contribution is 2.36. The third-order valence-corrected chi connectivity index (χ3v) is 5.97. The Kier molecular flexibility index (Phi) is 7.17. The summed E-state index contributed by atoms with van der Waals surface area (Å²) in [5, 5.41) is 3.68. The van der Waals surface area contributed by atoms with Crippen LogP contribution in [0.1, 0.15) is 64.0 Å². The molecule has 1 N–H and O–H groups in total. The predicted molar refractivity (Wildman–Crippen MR) is 111 cm³/mol. The van der Waals surface area contributed by atoms with Crippen LogP contribution in [0, 0.1) is 11.7 Å². The van der Waals surface area contributed by atoms with E-state index in [1.54, 1.807) is 7.11 Å². The standard InChI is InChI=1S/C23H35FN2O3/c1-23(2,3)29-22(27)26-12-6-9-21(26)18-7-5-8-20(18)25-14-16-10-11-19(24)17(13-16)15-28-4/h10-11,13,18,20-21,25H,5-9,12,14-15H2,1-4H3. The molecule has 1 aromatic rings. The van der Waals surface area contributed by atoms with Crippen molar-refractivity contribution in [2.24, 2.45) is 5.92 Å². The van der Waals surface area contributed by atoms with Gasteiger partial charge in [-0.3, -0.25) is 0 Å². The molecule has 29 heavy (non-hydrogen) atoms. The number of likely N-dealkylation sites (tertiary alicyclic amines) is 1. The van der Waals surface area contributed by atoms with Crippen LogP contribution in [-0.4, -0.2) is 42.3 Å². The monoisotopic (exact) mass is 406 g/mol. The van der Waals surface area contributed by atoms with Gasteiger partial charge in [-0.25, -0.2) is 9.18 Å². The molecule has 0 bridgehead atoms. The number of hydrogen-bond donors (Lipinski definition) is 1. The number of ether oxygens (including phenoxy) is 2. The second-order valence-electron chi connectivity index (χ2n) is 9.32. The average molecular weight is 407 g/mol. The van der Waals surface area contributed by atoms with E-state index in [2.05, 4.69) is 5.32 Å². The molecule has 1 aromatic carbocycles. The van der Waals surface area contributed by atoms with Crippen molar-refractivity contribution in [3.8, 4) is 0 Å². The first kappa shape index (κ1) is 22.0. The van der Waals surface area contributed by atoms with Gasteiger partial charge in [-0.05, 0) is 70.1 Å². The molecule has 3 atom stereocenters. The first-order chi connectivity index (χ1) is 13.8. The number of amides is 1. The van der Waals surface area contributed by atoms with Crippen molar-refractivity contribution < 1.29 is 18.7 Å². The molecule has 2 fully saturated rings. The molecule has 1 saturated carbocycles. The van der Waals surface area contributed by atoms with Crippen LogP contribution in [0.2, 0.25) is 0 Å². The fourth-order valence-electron chi connectivity index (χ4n) is 4.74. The highest BCUT2D eigenvalue weighted by molar-refractivity contribution is 5.69. The summed E-state index contributed by atoms with van der Waals surface area (Å²) < 4.78 is 24.6. The number of rotatable bonds is 6. The summed E-state index contributed by atoms with van der Waals surface area (Å²) in [6, 6.07) is 5.81. The lowest BCUT2D eigenvalue weighted by molar-refractivity contribution is 0.0166. The number of hydrogen-bond acceptors (Lipinski definition) is 4. The van der Waals surface area contributed by atoms with E-state index < -0.39 is 5.60 Å². The first-order valence-corrected chi connectivity index (χ1v) is 10.8. The summed E-state index contributed by atoms with van der Waals surface area (Å²) in [6.07, 6.45) is 5.28. The molecule has 5 nitrogen and oxygen atoms in total. The normalized spacial score (nSPS) is 24.9. The average Bonchev–Trinajstić information content (AvgIpc) is 3.29. The summed E-state index contributed by atoms with van der Waals surface area (Å²) in [5.41, 5.74) is 1.17. The van der Waals surface area contributed by atoms with Crippen molar-refractivity contribution in [2.45, 2.75) is 83.7 Å². The molecule has 3 rings (SSSR count). The fourth-order valence-corrected chi connectivity index (χ4v) is 4.74. The zero-order valence-electron chi connectivity index (χ0n) is 18.2. The molecule has 162 valence electrons. The molecular weight excluding hydrogens is 371 g/mol. The van der Waals surface area contributed by atoms with Gasteiger partial charge in [0.15, 0.2) is 0 Å². The molecule has 0 radical (unpaired) electrons. The van der Waals surface area contributed by atoms with Gasteiger partial charge in [-0.2, -0.15) is 0 Å². The van der Waals surface area contributed by atoms with E-state index in [1.165, 1.54) is 12.5 Å². The Bertz CT molecular complexity index is 704. The summed E-state index contributed by atoms with van der Waals surface area (Å²) in [5.74, 6) is 0.206. The molecule has 0 aromatic heterocycles. The van der Waals surface area contributed by atoms with E-state index in [0.29, 0.717) is 24.1 Å². The van der Waals surface area contributed by atoms with Crippen LogP contribution >= 0.6 is 0 Å². The summed E-state index contributed by atoms with van der Waals surface area (Å²) >= 11 is 0. The lowest BCUT2D eigenvalue weighted by Crippen LogP contribution is -2.47. The Balaban J connectivity index is 1.62. The Labute approximate surface area is 173 Å². The number of carbonyl (C=O) groups is 1. The molecule has 1 aliphatic carbocycles. The number of nitrogens with one attached hydrogen (secondary N) is 1. The van der Waals surface area contributed by atoms with E-state index >= 15 is 0 Å². The first-order valence-electron chi connectivity index (χ1n) is 10.8. The van der Waals surface area contributed by atoms with Crippen molar-refractivity contribution in [2.75, 3.05) is 13.7 Å². The molecule has 1 aliphatic heterocycles. The van der Waals surface area contributed by atoms with Crippen LogP contribution in [0.4, 0.5) is 9.18 Å². The lowest BCUT2D eigenvalue weighted by Gasteiger charge is -2.34. The van der Waals surface area contributed by atoms with E-state index in [9.17, 15) is 9.18 Å². The van der Waals surface area contributed by atoms with Crippen molar-refractivity contribution in [3.05, 3.63) is 35.1 Å². The Morgan fingerprint density at radius 2 is 2.03 bits per heavy atom. The molecule has 1 saturated heterocycles. The largest absolute Gasteiger partial charge is 0.444 e. The van der Waals surface area contributed by atoms with Gasteiger partial charge in [0.1, 0.15) is 11.4 Å². The van der Waals surface area contributed by atoms with Gasteiger partial charge < -0.3 is 19.7 Å². The third kappa shape index (κ3) is 5.70. The van der Waals surface area contributed by atoms with E-state index in [-0.39, 0.29) is 24.6 Å². The summed E-state index contributed by atoms with van der Waals surface area (Å²) in [6.45, 7) is 7.49. The maximum Gasteiger partial charge on any atom is 0.410 e. The van der Waals surface area contributed by atoms with Crippen molar-refractivity contribution >= 4 is 6.09 Å². The Hall–Kier alpha value is -1.66. The van der Waals surface area contributed by atoms with Crippen LogP contribution in [0.5, 0.6) is 0 Å². The number of benzene rings is 1. The van der Waals surface area contributed by atoms with Gasteiger partial charge in [-0.15, -0.1) is 0 Å². The SMILES string of the molecule is COCc1cc(CNC2CCCC2C2CCCN2C(=O)OC(C)(C)C)ccc1F. The molecule has 6 heteroatoms. The van der Waals surface area contributed by atoms with Crippen LogP contribution in [0.25, 0.3) is 0 Å². The van der Waals surface area contributed by atoms with Gasteiger partial charge in [0, 0.05) is 37.8 Å². The number of carbonyl (C=O) groups excluding carboxylic acids is 1. The lowest BCUT2D eigenvalue weighted by atomic mass is 9.92. The minimum atomic E-state index is -0.472. The fraction of sp³-hybridized carbons (Fsp3) is 0.696. The van der Waals surface area contributed by atoms with Gasteiger partial charge in [0.25, 0.3) is 0 Å². The second-order valence-corrected chi connectivity index (χ2v) is 9.32. The van der Waals surface area contributed by atoms with Crippen LogP contribution in [0.15, 0.2) is 18.2 Å². The molecule has 2 aliphatic rings. The van der Waals surface area contributed by atoms with E-state index in [4.69, 9.17) is 9.47 Å². The minimum Gasteiger partial charge on any atom is -0.444 e. The molecule has 1 amide bonds. The maximum absolute atomic E-state index is 13.9. The number of nitrogens with zero attached hydrogens (tertiary/aromatic N) is 1. The van der Waals surface area contributed by atoms with Crippen molar-refractivity contribution in [3.63, 3.8) is 0 Å². The van der Waals surface area contributed by atoms with E-state index in [1.807, 2.05) is 37.8 Å². The molecular formula is C23H35FN2O3. The summed E-state index contributed by atoms with van der Waals surface area (Å²) in [4.78, 5) is 14.6. The smallest absolute Gasteiger partial charge is 0.410 e. The highest BCUT2D eigenvalue weighted by Gasteiger charge is 2.41. The maximum atomic E-state index is 13.9.